The molecule has 0 saturated carbocycles. The third-order valence-corrected chi connectivity index (χ3v) is 2.63. The predicted molar refractivity (Wildman–Crippen MR) is 67.7 cm³/mol. The Morgan fingerprint density at radius 2 is 2.06 bits per heavy atom. The van der Waals surface area contributed by atoms with Gasteiger partial charge in [0.25, 0.3) is 0 Å². The molecule has 94 valence electrons. The van der Waals surface area contributed by atoms with Crippen LogP contribution in [0.15, 0.2) is 18.2 Å². The Balaban J connectivity index is 2.46. The van der Waals surface area contributed by atoms with Gasteiger partial charge in [-0.25, -0.2) is 19.3 Å². The molecule has 0 radical (unpaired) electrons. The van der Waals surface area contributed by atoms with Crippen molar-refractivity contribution in [3.05, 3.63) is 40.7 Å². The van der Waals surface area contributed by atoms with Gasteiger partial charge in [0.1, 0.15) is 17.5 Å². The Bertz CT molecular complexity index is 574. The first-order valence-corrected chi connectivity index (χ1v) is 5.85. The second-order valence-electron chi connectivity index (χ2n) is 3.79. The molecule has 0 spiro atoms. The van der Waals surface area contributed by atoms with E-state index in [2.05, 4.69) is 15.0 Å². The van der Waals surface area contributed by atoms with Crippen molar-refractivity contribution >= 4 is 11.6 Å². The molecule has 0 fully saturated rings. The van der Waals surface area contributed by atoms with Gasteiger partial charge in [-0.3, -0.25) is 0 Å². The fourth-order valence-corrected chi connectivity index (χ4v) is 1.72. The molecule has 4 nitrogen and oxygen atoms in total. The van der Waals surface area contributed by atoms with E-state index in [4.69, 9.17) is 17.3 Å². The smallest absolute Gasteiger partial charge is 0.163 e. The molecule has 0 atom stereocenters. The number of nitrogens with two attached hydrogens (primary N) is 1. The van der Waals surface area contributed by atoms with E-state index in [9.17, 15) is 4.39 Å². The fraction of sp³-hybridized carbons (Fsp3) is 0.250. The highest BCUT2D eigenvalue weighted by molar-refractivity contribution is 6.31. The highest BCUT2D eigenvalue weighted by atomic mass is 35.5. The second kappa shape index (κ2) is 5.37. The summed E-state index contributed by atoms with van der Waals surface area (Å²) in [6, 6.07) is 4.37. The largest absolute Gasteiger partial charge is 0.330 e. The molecule has 0 bridgehead atoms. The molecule has 0 aliphatic rings. The maximum atomic E-state index is 13.1. The summed E-state index contributed by atoms with van der Waals surface area (Å²) in [6.07, 6.45) is 0.575. The molecular weight excluding hydrogens is 255 g/mol. The number of halogens is 2. The van der Waals surface area contributed by atoms with Gasteiger partial charge in [-0.05, 0) is 31.7 Å². The van der Waals surface area contributed by atoms with Crippen LogP contribution in [0, 0.1) is 12.7 Å². The summed E-state index contributed by atoms with van der Waals surface area (Å²) in [5, 5.41) is 0.0472. The minimum atomic E-state index is -0.464. The van der Waals surface area contributed by atoms with Crippen molar-refractivity contribution in [2.75, 3.05) is 6.54 Å². The van der Waals surface area contributed by atoms with E-state index in [0.717, 1.165) is 0 Å². The van der Waals surface area contributed by atoms with E-state index in [0.29, 0.717) is 36.0 Å². The monoisotopic (exact) mass is 266 g/mol. The van der Waals surface area contributed by atoms with Crippen molar-refractivity contribution in [2.45, 2.75) is 13.3 Å². The Labute approximate surface area is 109 Å². The Hall–Kier alpha value is -1.59. The lowest BCUT2D eigenvalue weighted by Crippen LogP contribution is -2.09. The minimum Gasteiger partial charge on any atom is -0.330 e. The number of benzene rings is 1. The molecule has 2 aromatic rings. The number of aryl methyl sites for hydroxylation is 1. The summed E-state index contributed by atoms with van der Waals surface area (Å²) in [4.78, 5) is 12.7. The number of hydrogen-bond donors (Lipinski definition) is 1. The van der Waals surface area contributed by atoms with E-state index in [1.54, 1.807) is 13.0 Å². The van der Waals surface area contributed by atoms with Crippen LogP contribution in [0.3, 0.4) is 0 Å². The molecule has 6 heteroatoms. The van der Waals surface area contributed by atoms with Crippen molar-refractivity contribution in [1.29, 1.82) is 0 Å². The first kappa shape index (κ1) is 12.9. The molecule has 1 heterocycles. The van der Waals surface area contributed by atoms with E-state index in [1.807, 2.05) is 0 Å². The van der Waals surface area contributed by atoms with Gasteiger partial charge in [0.2, 0.25) is 0 Å². The SMILES string of the molecule is Cc1nc(CCN)nc(-c2ccc(F)c(Cl)c2)n1. The van der Waals surface area contributed by atoms with Gasteiger partial charge >= 0.3 is 0 Å². The van der Waals surface area contributed by atoms with E-state index in [1.165, 1.54) is 12.1 Å². The lowest BCUT2D eigenvalue weighted by Gasteiger charge is -2.05. The van der Waals surface area contributed by atoms with Crippen LogP contribution in [0.1, 0.15) is 11.6 Å². The van der Waals surface area contributed by atoms with E-state index < -0.39 is 5.82 Å². The quantitative estimate of drug-likeness (QED) is 0.924. The highest BCUT2D eigenvalue weighted by Gasteiger charge is 2.08. The molecule has 1 aromatic carbocycles. The Morgan fingerprint density at radius 1 is 1.28 bits per heavy atom. The minimum absolute atomic E-state index is 0.0472. The predicted octanol–water partition coefficient (Wildman–Crippen LogP) is 2.14. The van der Waals surface area contributed by atoms with Gasteiger partial charge in [-0.15, -0.1) is 0 Å². The van der Waals surface area contributed by atoms with Crippen LogP contribution in [-0.4, -0.2) is 21.5 Å². The summed E-state index contributed by atoms with van der Waals surface area (Å²) in [5.74, 6) is 1.24. The van der Waals surface area contributed by atoms with Crippen molar-refractivity contribution in [2.24, 2.45) is 5.73 Å². The maximum Gasteiger partial charge on any atom is 0.163 e. The molecule has 1 aromatic heterocycles. The second-order valence-corrected chi connectivity index (χ2v) is 4.20. The van der Waals surface area contributed by atoms with Crippen molar-refractivity contribution in [3.8, 4) is 11.4 Å². The number of hydrogen-bond acceptors (Lipinski definition) is 4. The molecule has 0 aliphatic carbocycles. The van der Waals surface area contributed by atoms with E-state index in [-0.39, 0.29) is 5.02 Å². The average molecular weight is 267 g/mol. The van der Waals surface area contributed by atoms with Crippen molar-refractivity contribution in [1.82, 2.24) is 15.0 Å². The first-order valence-electron chi connectivity index (χ1n) is 5.47. The lowest BCUT2D eigenvalue weighted by molar-refractivity contribution is 0.628. The number of rotatable bonds is 3. The maximum absolute atomic E-state index is 13.1. The van der Waals surface area contributed by atoms with Crippen LogP contribution < -0.4 is 5.73 Å². The van der Waals surface area contributed by atoms with Crippen LogP contribution >= 0.6 is 11.6 Å². The third-order valence-electron chi connectivity index (χ3n) is 2.34. The van der Waals surface area contributed by atoms with Crippen LogP contribution in [-0.2, 0) is 6.42 Å². The summed E-state index contributed by atoms with van der Waals surface area (Å²) in [5.41, 5.74) is 6.13. The molecule has 0 saturated heterocycles. The molecule has 18 heavy (non-hydrogen) atoms. The van der Waals surface area contributed by atoms with Crippen LogP contribution in [0.25, 0.3) is 11.4 Å². The van der Waals surface area contributed by atoms with Gasteiger partial charge in [-0.2, -0.15) is 0 Å². The highest BCUT2D eigenvalue weighted by Crippen LogP contribution is 2.22. The summed E-state index contributed by atoms with van der Waals surface area (Å²) in [6.45, 7) is 2.24. The Morgan fingerprint density at radius 3 is 2.72 bits per heavy atom. The summed E-state index contributed by atoms with van der Waals surface area (Å²) in [7, 11) is 0. The van der Waals surface area contributed by atoms with Gasteiger partial charge < -0.3 is 5.73 Å². The first-order chi connectivity index (χ1) is 8.60. The zero-order valence-corrected chi connectivity index (χ0v) is 10.6. The normalized spacial score (nSPS) is 10.7. The lowest BCUT2D eigenvalue weighted by atomic mass is 10.2. The van der Waals surface area contributed by atoms with Crippen LogP contribution in [0.4, 0.5) is 4.39 Å². The standard InChI is InChI=1S/C12H12ClFN4/c1-7-16-11(4-5-15)18-12(17-7)8-2-3-10(14)9(13)6-8/h2-3,6H,4-5,15H2,1H3. The summed E-state index contributed by atoms with van der Waals surface area (Å²) >= 11 is 5.74. The molecule has 0 unspecified atom stereocenters. The fourth-order valence-electron chi connectivity index (χ4n) is 1.54. The molecule has 2 rings (SSSR count). The molecule has 0 aliphatic heterocycles. The van der Waals surface area contributed by atoms with Crippen LogP contribution in [0.5, 0.6) is 0 Å². The van der Waals surface area contributed by atoms with Gasteiger partial charge in [0.05, 0.1) is 5.02 Å². The van der Waals surface area contributed by atoms with Crippen molar-refractivity contribution in [3.63, 3.8) is 0 Å². The average Bonchev–Trinajstić information content (AvgIpc) is 2.32. The molecule has 2 N–H and O–H groups in total. The Kier molecular flexibility index (Phi) is 3.84. The topological polar surface area (TPSA) is 64.7 Å². The van der Waals surface area contributed by atoms with E-state index >= 15 is 0 Å². The number of aromatic nitrogens is 3. The summed E-state index contributed by atoms with van der Waals surface area (Å²) < 4.78 is 13.1. The van der Waals surface area contributed by atoms with Crippen molar-refractivity contribution < 1.29 is 4.39 Å². The zero-order valence-electron chi connectivity index (χ0n) is 9.82. The van der Waals surface area contributed by atoms with Gasteiger partial charge in [-0.1, -0.05) is 11.6 Å². The van der Waals surface area contributed by atoms with Gasteiger partial charge in [0.15, 0.2) is 5.82 Å². The zero-order chi connectivity index (χ0) is 13.1. The molecule has 0 amide bonds. The van der Waals surface area contributed by atoms with Crippen LogP contribution in [0.2, 0.25) is 5.02 Å². The molecular formula is C12H12ClFN4. The number of nitrogens with zero attached hydrogens (tertiary/aromatic N) is 3. The third kappa shape index (κ3) is 2.80. The van der Waals surface area contributed by atoms with Gasteiger partial charge in [0, 0.05) is 12.0 Å².